The molecule has 5 heteroatoms. The molecule has 120 valence electrons. The number of H-pyrrole nitrogens is 1. The molecule has 2 aliphatic carbocycles. The molecule has 0 unspecified atom stereocenters. The lowest BCUT2D eigenvalue weighted by atomic mass is 10.2. The minimum atomic E-state index is -0.200. The Morgan fingerprint density at radius 1 is 1.30 bits per heavy atom. The maximum Gasteiger partial charge on any atom is 0.255 e. The van der Waals surface area contributed by atoms with E-state index in [0.717, 1.165) is 24.4 Å². The fraction of sp³-hybridized carbons (Fsp3) is 0.444. The first-order valence-electron chi connectivity index (χ1n) is 8.20. The highest BCUT2D eigenvalue weighted by Crippen LogP contribution is 2.47. The highest BCUT2D eigenvalue weighted by atomic mass is 16.3. The van der Waals surface area contributed by atoms with Gasteiger partial charge in [-0.15, -0.1) is 0 Å². The summed E-state index contributed by atoms with van der Waals surface area (Å²) >= 11 is 0. The van der Waals surface area contributed by atoms with Crippen LogP contribution in [-0.4, -0.2) is 21.8 Å². The lowest BCUT2D eigenvalue weighted by Gasteiger charge is -2.21. The van der Waals surface area contributed by atoms with Gasteiger partial charge in [-0.2, -0.15) is 0 Å². The van der Waals surface area contributed by atoms with Crippen LogP contribution in [0.4, 0.5) is 0 Å². The topological polar surface area (TPSA) is 66.3 Å². The molecule has 0 saturated heterocycles. The maximum absolute atomic E-state index is 12.7. The number of aromatic amines is 1. The molecule has 2 atom stereocenters. The first kappa shape index (κ1) is 14.3. The number of carbonyl (C=O) groups excluding carboxylic acids is 1. The monoisotopic (exact) mass is 312 g/mol. The zero-order chi connectivity index (χ0) is 16.0. The summed E-state index contributed by atoms with van der Waals surface area (Å²) in [6.45, 7) is 2.72. The Kier molecular flexibility index (Phi) is 3.36. The third-order valence-corrected chi connectivity index (χ3v) is 4.76. The van der Waals surface area contributed by atoms with Crippen LogP contribution in [0.2, 0.25) is 0 Å². The highest BCUT2D eigenvalue weighted by Gasteiger charge is 2.37. The number of hydrogen-bond acceptors (Lipinski definition) is 3. The summed E-state index contributed by atoms with van der Waals surface area (Å²) in [4.78, 5) is 28.3. The number of amides is 1. The minimum Gasteiger partial charge on any atom is -0.464 e. The molecule has 2 aliphatic rings. The first-order chi connectivity index (χ1) is 11.1. The smallest absolute Gasteiger partial charge is 0.255 e. The quantitative estimate of drug-likeness (QED) is 0.923. The van der Waals surface area contributed by atoms with Crippen molar-refractivity contribution in [1.29, 1.82) is 0 Å². The van der Waals surface area contributed by atoms with Crippen molar-refractivity contribution in [1.82, 2.24) is 9.88 Å². The molecule has 4 rings (SSSR count). The molecule has 2 heterocycles. The van der Waals surface area contributed by atoms with Crippen LogP contribution in [0, 0.1) is 5.92 Å². The van der Waals surface area contributed by atoms with E-state index in [9.17, 15) is 9.59 Å². The molecule has 5 nitrogen and oxygen atoms in total. The van der Waals surface area contributed by atoms with E-state index in [2.05, 4.69) is 11.9 Å². The van der Waals surface area contributed by atoms with Crippen molar-refractivity contribution in [2.75, 3.05) is 0 Å². The summed E-state index contributed by atoms with van der Waals surface area (Å²) in [5.41, 5.74) is 0.313. The van der Waals surface area contributed by atoms with E-state index >= 15 is 0 Å². The minimum absolute atomic E-state index is 0.0542. The molecule has 0 bridgehead atoms. The van der Waals surface area contributed by atoms with E-state index in [1.165, 1.54) is 18.7 Å². The van der Waals surface area contributed by atoms with Crippen molar-refractivity contribution in [2.45, 2.75) is 44.7 Å². The lowest BCUT2D eigenvalue weighted by molar-refractivity contribution is 0.0716. The predicted octanol–water partition coefficient (Wildman–Crippen LogP) is 2.90. The zero-order valence-corrected chi connectivity index (χ0v) is 13.1. The molecule has 0 aliphatic heterocycles. The second kappa shape index (κ2) is 5.41. The number of pyridine rings is 1. The van der Waals surface area contributed by atoms with Gasteiger partial charge in [0.25, 0.3) is 5.91 Å². The van der Waals surface area contributed by atoms with E-state index in [1.54, 1.807) is 6.07 Å². The SMILES string of the molecule is C[C@H]1C[C@@H]1c1ccc(CN(C(=O)c2ccc(=O)[nH]c2)C2CC2)o1. The first-order valence-corrected chi connectivity index (χ1v) is 8.20. The van der Waals surface area contributed by atoms with Gasteiger partial charge in [0.2, 0.25) is 5.56 Å². The van der Waals surface area contributed by atoms with Gasteiger partial charge in [0, 0.05) is 24.2 Å². The number of hydrogen-bond donors (Lipinski definition) is 1. The summed E-state index contributed by atoms with van der Waals surface area (Å²) in [6, 6.07) is 7.27. The second-order valence-electron chi connectivity index (χ2n) is 6.73. The van der Waals surface area contributed by atoms with E-state index in [0.29, 0.717) is 23.9 Å². The Hall–Kier alpha value is -2.30. The van der Waals surface area contributed by atoms with E-state index in [-0.39, 0.29) is 17.5 Å². The molecule has 2 aromatic rings. The molecule has 1 amide bonds. The van der Waals surface area contributed by atoms with Crippen LogP contribution in [-0.2, 0) is 6.54 Å². The number of nitrogens with zero attached hydrogens (tertiary/aromatic N) is 1. The molecule has 0 aromatic carbocycles. The van der Waals surface area contributed by atoms with Crippen LogP contribution in [0.1, 0.15) is 54.0 Å². The Bertz CT molecular complexity index is 767. The van der Waals surface area contributed by atoms with Crippen LogP contribution >= 0.6 is 0 Å². The van der Waals surface area contributed by atoms with Gasteiger partial charge in [-0.3, -0.25) is 9.59 Å². The molecule has 2 saturated carbocycles. The molecule has 0 spiro atoms. The standard InChI is InChI=1S/C18H20N2O3/c1-11-8-15(11)16-6-5-14(23-16)10-20(13-3-4-13)18(22)12-2-7-17(21)19-9-12/h2,5-7,9,11,13,15H,3-4,8,10H2,1H3,(H,19,21)/t11-,15-/m0/s1. The average Bonchev–Trinajstić information content (AvgIpc) is 3.46. The van der Waals surface area contributed by atoms with Crippen molar-refractivity contribution in [3.63, 3.8) is 0 Å². The van der Waals surface area contributed by atoms with Gasteiger partial charge in [0.15, 0.2) is 0 Å². The summed E-state index contributed by atoms with van der Waals surface area (Å²) in [5.74, 6) is 3.08. The number of rotatable bonds is 5. The van der Waals surface area contributed by atoms with Crippen molar-refractivity contribution < 1.29 is 9.21 Å². The molecule has 0 radical (unpaired) electrons. The largest absolute Gasteiger partial charge is 0.464 e. The molecule has 23 heavy (non-hydrogen) atoms. The Labute approximate surface area is 134 Å². The molecular weight excluding hydrogens is 292 g/mol. The second-order valence-corrected chi connectivity index (χ2v) is 6.73. The van der Waals surface area contributed by atoms with Crippen LogP contribution < -0.4 is 5.56 Å². The van der Waals surface area contributed by atoms with Gasteiger partial charge in [-0.25, -0.2) is 0 Å². The Morgan fingerprint density at radius 3 is 2.70 bits per heavy atom. The number of nitrogens with one attached hydrogen (secondary N) is 1. The van der Waals surface area contributed by atoms with Crippen molar-refractivity contribution >= 4 is 5.91 Å². The van der Waals surface area contributed by atoms with Crippen LogP contribution in [0.25, 0.3) is 0 Å². The number of aromatic nitrogens is 1. The molecule has 2 fully saturated rings. The van der Waals surface area contributed by atoms with Crippen LogP contribution in [0.15, 0.2) is 39.7 Å². The van der Waals surface area contributed by atoms with Gasteiger partial charge < -0.3 is 14.3 Å². The van der Waals surface area contributed by atoms with E-state index in [1.807, 2.05) is 17.0 Å². The third-order valence-electron chi connectivity index (χ3n) is 4.76. The maximum atomic E-state index is 12.7. The summed E-state index contributed by atoms with van der Waals surface area (Å²) in [7, 11) is 0. The number of furan rings is 1. The third kappa shape index (κ3) is 2.96. The average molecular weight is 312 g/mol. The molecule has 1 N–H and O–H groups in total. The summed E-state index contributed by atoms with van der Waals surface area (Å²) in [6.07, 6.45) is 4.74. The normalized spacial score (nSPS) is 22.8. The summed E-state index contributed by atoms with van der Waals surface area (Å²) < 4.78 is 5.94. The molecular formula is C18H20N2O3. The van der Waals surface area contributed by atoms with Gasteiger partial charge in [-0.1, -0.05) is 6.92 Å². The lowest BCUT2D eigenvalue weighted by Crippen LogP contribution is -2.32. The summed E-state index contributed by atoms with van der Waals surface area (Å²) in [5, 5.41) is 0. The highest BCUT2D eigenvalue weighted by molar-refractivity contribution is 5.94. The van der Waals surface area contributed by atoms with E-state index in [4.69, 9.17) is 4.42 Å². The Balaban J connectivity index is 1.51. The van der Waals surface area contributed by atoms with Crippen molar-refractivity contribution in [3.8, 4) is 0 Å². The molecule has 2 aromatic heterocycles. The predicted molar refractivity (Wildman–Crippen MR) is 85.2 cm³/mol. The fourth-order valence-electron chi connectivity index (χ4n) is 3.03. The fourth-order valence-corrected chi connectivity index (χ4v) is 3.03. The van der Waals surface area contributed by atoms with Gasteiger partial charge >= 0.3 is 0 Å². The van der Waals surface area contributed by atoms with Crippen LogP contribution in [0.3, 0.4) is 0 Å². The van der Waals surface area contributed by atoms with Gasteiger partial charge in [-0.05, 0) is 43.4 Å². The van der Waals surface area contributed by atoms with Crippen LogP contribution in [0.5, 0.6) is 0 Å². The van der Waals surface area contributed by atoms with Gasteiger partial charge in [0.05, 0.1) is 12.1 Å². The number of carbonyl (C=O) groups is 1. The van der Waals surface area contributed by atoms with Crippen molar-refractivity contribution in [2.24, 2.45) is 5.92 Å². The Morgan fingerprint density at radius 2 is 2.09 bits per heavy atom. The van der Waals surface area contributed by atoms with Gasteiger partial charge in [0.1, 0.15) is 11.5 Å². The zero-order valence-electron chi connectivity index (χ0n) is 13.1. The van der Waals surface area contributed by atoms with E-state index < -0.39 is 0 Å². The van der Waals surface area contributed by atoms with Crippen molar-refractivity contribution in [3.05, 3.63) is 57.9 Å².